The molecular weight excluding hydrogens is 373 g/mol. The summed E-state index contributed by atoms with van der Waals surface area (Å²) in [6.45, 7) is 1.48. The zero-order valence-electron chi connectivity index (χ0n) is 16.6. The first-order chi connectivity index (χ1) is 14.0. The van der Waals surface area contributed by atoms with E-state index in [4.69, 9.17) is 4.74 Å². The fourth-order valence-corrected chi connectivity index (χ4v) is 3.78. The molecule has 1 aliphatic heterocycles. The summed E-state index contributed by atoms with van der Waals surface area (Å²) in [7, 11) is 4.14. The highest BCUT2D eigenvalue weighted by Crippen LogP contribution is 2.30. The van der Waals surface area contributed by atoms with Gasteiger partial charge in [-0.3, -0.25) is 14.8 Å². The molecule has 7 nitrogen and oxygen atoms in total. The second-order valence-electron chi connectivity index (χ2n) is 7.44. The molecule has 0 amide bonds. The standard InChI is InChI=1S/C21H24FN5O2/c1-26-9-6-15(7-10-26)27(2)19-4-3-16(11-14(19)12-22)29-21-24-18-13-23-8-5-17(18)20(28)25-21/h3-5,8,11,13,15H,6-7,9-10,12H2,1-2H3,(H,24,25,28). The van der Waals surface area contributed by atoms with Crippen LogP contribution in [0.2, 0.25) is 0 Å². The number of aromatic amines is 1. The third-order valence-electron chi connectivity index (χ3n) is 5.51. The summed E-state index contributed by atoms with van der Waals surface area (Å²) in [5, 5.41) is 0.437. The van der Waals surface area contributed by atoms with Crippen molar-refractivity contribution in [3.63, 3.8) is 0 Å². The maximum Gasteiger partial charge on any atom is 0.302 e. The fourth-order valence-electron chi connectivity index (χ4n) is 3.78. The highest BCUT2D eigenvalue weighted by atomic mass is 19.1. The van der Waals surface area contributed by atoms with Gasteiger partial charge in [-0.2, -0.15) is 4.98 Å². The van der Waals surface area contributed by atoms with Gasteiger partial charge in [0, 0.05) is 30.5 Å². The van der Waals surface area contributed by atoms with Crippen LogP contribution in [0.25, 0.3) is 10.9 Å². The highest BCUT2D eigenvalue weighted by molar-refractivity contribution is 5.76. The van der Waals surface area contributed by atoms with Crippen LogP contribution in [0.3, 0.4) is 0 Å². The number of hydrogen-bond acceptors (Lipinski definition) is 6. The monoisotopic (exact) mass is 397 g/mol. The largest absolute Gasteiger partial charge is 0.426 e. The Kier molecular flexibility index (Phi) is 5.44. The molecule has 8 heteroatoms. The first-order valence-electron chi connectivity index (χ1n) is 9.67. The van der Waals surface area contributed by atoms with E-state index >= 15 is 0 Å². The topological polar surface area (TPSA) is 74.3 Å². The van der Waals surface area contributed by atoms with E-state index in [9.17, 15) is 9.18 Å². The Morgan fingerprint density at radius 1 is 1.31 bits per heavy atom. The maximum atomic E-state index is 13.8. The molecule has 0 atom stereocenters. The van der Waals surface area contributed by atoms with Crippen molar-refractivity contribution in [1.29, 1.82) is 0 Å². The number of likely N-dealkylation sites (tertiary alicyclic amines) is 1. The number of alkyl halides is 1. The number of fused-ring (bicyclic) bond motifs is 1. The lowest BCUT2D eigenvalue weighted by atomic mass is 10.0. The van der Waals surface area contributed by atoms with Crippen LogP contribution in [-0.2, 0) is 6.67 Å². The smallest absolute Gasteiger partial charge is 0.302 e. The van der Waals surface area contributed by atoms with Gasteiger partial charge in [0.2, 0.25) is 0 Å². The van der Waals surface area contributed by atoms with E-state index in [1.54, 1.807) is 18.2 Å². The van der Waals surface area contributed by atoms with Gasteiger partial charge in [0.25, 0.3) is 5.56 Å². The number of anilines is 1. The van der Waals surface area contributed by atoms with Gasteiger partial charge in [0.1, 0.15) is 12.4 Å². The van der Waals surface area contributed by atoms with Crippen molar-refractivity contribution in [3.8, 4) is 11.8 Å². The van der Waals surface area contributed by atoms with Gasteiger partial charge in [0.05, 0.1) is 17.1 Å². The minimum absolute atomic E-state index is 0.0525. The van der Waals surface area contributed by atoms with E-state index in [1.165, 1.54) is 12.4 Å². The van der Waals surface area contributed by atoms with Crippen LogP contribution in [0.5, 0.6) is 11.8 Å². The molecule has 0 unspecified atom stereocenters. The van der Waals surface area contributed by atoms with E-state index in [2.05, 4.69) is 31.8 Å². The predicted octanol–water partition coefficient (Wildman–Crippen LogP) is 3.11. The molecule has 3 aromatic rings. The summed E-state index contributed by atoms with van der Waals surface area (Å²) >= 11 is 0. The van der Waals surface area contributed by atoms with Gasteiger partial charge >= 0.3 is 6.01 Å². The number of rotatable bonds is 5. The Morgan fingerprint density at radius 3 is 2.86 bits per heavy atom. The van der Waals surface area contributed by atoms with Gasteiger partial charge < -0.3 is 14.5 Å². The lowest BCUT2D eigenvalue weighted by molar-refractivity contribution is 0.252. The predicted molar refractivity (Wildman–Crippen MR) is 110 cm³/mol. The number of nitrogens with zero attached hydrogens (tertiary/aromatic N) is 4. The van der Waals surface area contributed by atoms with Crippen LogP contribution in [0, 0.1) is 0 Å². The molecule has 0 aliphatic carbocycles. The van der Waals surface area contributed by atoms with Crippen LogP contribution in [-0.4, -0.2) is 53.1 Å². The molecule has 1 aliphatic rings. The Balaban J connectivity index is 1.57. The van der Waals surface area contributed by atoms with Crippen molar-refractivity contribution in [2.45, 2.75) is 25.6 Å². The lowest BCUT2D eigenvalue weighted by Gasteiger charge is -2.37. The van der Waals surface area contributed by atoms with Crippen LogP contribution in [0.15, 0.2) is 41.5 Å². The number of halogens is 1. The molecule has 1 saturated heterocycles. The number of pyridine rings is 1. The first-order valence-corrected chi connectivity index (χ1v) is 9.67. The molecule has 152 valence electrons. The van der Waals surface area contributed by atoms with Crippen LogP contribution < -0.4 is 15.2 Å². The van der Waals surface area contributed by atoms with Crippen LogP contribution >= 0.6 is 0 Å². The van der Waals surface area contributed by atoms with Crippen molar-refractivity contribution in [2.24, 2.45) is 0 Å². The van der Waals surface area contributed by atoms with E-state index < -0.39 is 6.67 Å². The molecule has 0 bridgehead atoms. The second-order valence-corrected chi connectivity index (χ2v) is 7.44. The minimum atomic E-state index is -0.602. The SMILES string of the molecule is CN1CCC(N(C)c2ccc(Oc3nc4cnccc4c(=O)[nH]3)cc2CF)CC1. The third-order valence-corrected chi connectivity index (χ3v) is 5.51. The Labute approximate surface area is 168 Å². The molecule has 0 radical (unpaired) electrons. The van der Waals surface area contributed by atoms with Gasteiger partial charge in [-0.25, -0.2) is 4.39 Å². The average molecular weight is 397 g/mol. The number of ether oxygens (including phenoxy) is 1. The number of benzene rings is 1. The number of hydrogen-bond donors (Lipinski definition) is 1. The van der Waals surface area contributed by atoms with Crippen molar-refractivity contribution >= 4 is 16.6 Å². The van der Waals surface area contributed by atoms with Crippen molar-refractivity contribution in [1.82, 2.24) is 19.9 Å². The van der Waals surface area contributed by atoms with E-state index in [0.717, 1.165) is 31.6 Å². The van der Waals surface area contributed by atoms with E-state index in [-0.39, 0.29) is 11.6 Å². The Hall–Kier alpha value is -3.00. The number of piperidine rings is 1. The van der Waals surface area contributed by atoms with Crippen LogP contribution in [0.4, 0.5) is 10.1 Å². The maximum absolute atomic E-state index is 13.8. The molecule has 1 fully saturated rings. The molecule has 0 spiro atoms. The lowest BCUT2D eigenvalue weighted by Crippen LogP contribution is -2.42. The number of aromatic nitrogens is 3. The molecule has 2 aromatic heterocycles. The van der Waals surface area contributed by atoms with Gasteiger partial charge in [-0.05, 0) is 57.2 Å². The van der Waals surface area contributed by atoms with Gasteiger partial charge in [-0.15, -0.1) is 0 Å². The number of nitrogens with one attached hydrogen (secondary N) is 1. The molecule has 3 heterocycles. The summed E-state index contributed by atoms with van der Waals surface area (Å²) in [5.41, 5.74) is 1.54. The zero-order chi connectivity index (χ0) is 20.4. The van der Waals surface area contributed by atoms with Crippen molar-refractivity contribution in [2.75, 3.05) is 32.1 Å². The second kappa shape index (κ2) is 8.16. The summed E-state index contributed by atoms with van der Waals surface area (Å²) in [6.07, 6.45) is 5.14. The Bertz CT molecular complexity index is 1060. The molecule has 0 saturated carbocycles. The molecular formula is C21H24FN5O2. The molecule has 29 heavy (non-hydrogen) atoms. The molecule has 1 aromatic carbocycles. The Morgan fingerprint density at radius 2 is 2.10 bits per heavy atom. The van der Waals surface area contributed by atoms with Gasteiger partial charge in [0.15, 0.2) is 0 Å². The molecule has 1 N–H and O–H groups in total. The summed E-state index contributed by atoms with van der Waals surface area (Å²) in [5.74, 6) is 0.421. The average Bonchev–Trinajstić information content (AvgIpc) is 2.74. The quantitative estimate of drug-likeness (QED) is 0.713. The third kappa shape index (κ3) is 4.07. The normalized spacial score (nSPS) is 15.6. The van der Waals surface area contributed by atoms with Gasteiger partial charge in [-0.1, -0.05) is 0 Å². The summed E-state index contributed by atoms with van der Waals surface area (Å²) in [4.78, 5) is 27.5. The first kappa shape index (κ1) is 19.3. The minimum Gasteiger partial charge on any atom is -0.426 e. The van der Waals surface area contributed by atoms with Crippen molar-refractivity contribution < 1.29 is 9.13 Å². The summed E-state index contributed by atoms with van der Waals surface area (Å²) in [6, 6.07) is 7.33. The highest BCUT2D eigenvalue weighted by Gasteiger charge is 2.22. The number of H-pyrrole nitrogens is 1. The zero-order valence-corrected chi connectivity index (χ0v) is 16.6. The van der Waals surface area contributed by atoms with E-state index in [0.29, 0.717) is 28.3 Å². The van der Waals surface area contributed by atoms with Crippen LogP contribution in [0.1, 0.15) is 18.4 Å². The van der Waals surface area contributed by atoms with E-state index in [1.807, 2.05) is 13.1 Å². The molecule has 4 rings (SSSR count). The summed E-state index contributed by atoms with van der Waals surface area (Å²) < 4.78 is 19.5. The van der Waals surface area contributed by atoms with Crippen molar-refractivity contribution in [3.05, 3.63) is 52.6 Å². The fraction of sp³-hybridized carbons (Fsp3) is 0.381.